The monoisotopic (exact) mass is 602 g/mol. The first kappa shape index (κ1) is 29.5. The number of hydrogen-bond acceptors (Lipinski definition) is 5. The van der Waals surface area contributed by atoms with Gasteiger partial charge in [0.1, 0.15) is 0 Å². The fourth-order valence-electron chi connectivity index (χ4n) is 6.31. The standard InChI is InChI=1S/C37H34N2O4S/c1-2-36(35(41)42,38-33(28-17-8-4-9-18-28)29-19-10-5-11-20-29)37(43-26-30-21-14-24-44-30)31-22-12-13-23-32(31)39(34(37)40)25-27-15-6-3-7-16-27/h3-24,33,38H,2,25-26H2,1H3,(H,41,42)/t36-,37?/m0/s1. The van der Waals surface area contributed by atoms with E-state index < -0.39 is 29.1 Å². The number of aliphatic carboxylic acids is 1. The average molecular weight is 603 g/mol. The van der Waals surface area contributed by atoms with Crippen molar-refractivity contribution in [3.63, 3.8) is 0 Å². The molecule has 1 aliphatic heterocycles. The quantitative estimate of drug-likeness (QED) is 0.156. The van der Waals surface area contributed by atoms with Crippen molar-refractivity contribution in [2.45, 2.75) is 43.7 Å². The van der Waals surface area contributed by atoms with Crippen LogP contribution in [0.1, 0.15) is 46.5 Å². The Morgan fingerprint density at radius 1 is 0.864 bits per heavy atom. The first-order chi connectivity index (χ1) is 21.5. The van der Waals surface area contributed by atoms with Gasteiger partial charge in [-0.2, -0.15) is 0 Å². The maximum atomic E-state index is 15.1. The van der Waals surface area contributed by atoms with Gasteiger partial charge in [0, 0.05) is 10.4 Å². The molecule has 2 N–H and O–H groups in total. The average Bonchev–Trinajstić information content (AvgIpc) is 3.68. The predicted octanol–water partition coefficient (Wildman–Crippen LogP) is 7.32. The summed E-state index contributed by atoms with van der Waals surface area (Å²) in [6.45, 7) is 2.16. The Balaban J connectivity index is 1.56. The van der Waals surface area contributed by atoms with Gasteiger partial charge in [0.2, 0.25) is 5.60 Å². The molecule has 1 aromatic heterocycles. The lowest BCUT2D eigenvalue weighted by atomic mass is 9.72. The van der Waals surface area contributed by atoms with Crippen molar-refractivity contribution < 1.29 is 19.4 Å². The molecule has 4 aromatic carbocycles. The van der Waals surface area contributed by atoms with Crippen LogP contribution in [0.5, 0.6) is 0 Å². The molecule has 1 amide bonds. The van der Waals surface area contributed by atoms with E-state index >= 15 is 4.79 Å². The predicted molar refractivity (Wildman–Crippen MR) is 173 cm³/mol. The molecule has 44 heavy (non-hydrogen) atoms. The molecule has 0 bridgehead atoms. The number of rotatable bonds is 12. The summed E-state index contributed by atoms with van der Waals surface area (Å²) in [6.07, 6.45) is 0.0716. The highest BCUT2D eigenvalue weighted by atomic mass is 32.1. The number of anilines is 1. The first-order valence-corrected chi connectivity index (χ1v) is 15.6. The molecule has 0 saturated carbocycles. The van der Waals surface area contributed by atoms with E-state index in [1.54, 1.807) is 11.8 Å². The van der Waals surface area contributed by atoms with E-state index in [0.717, 1.165) is 21.6 Å². The minimum Gasteiger partial charge on any atom is -0.480 e. The Labute approximate surface area is 261 Å². The summed E-state index contributed by atoms with van der Waals surface area (Å²) in [5.74, 6) is -1.57. The number of carbonyl (C=O) groups is 2. The number of carboxylic acid groups (broad SMARTS) is 1. The highest BCUT2D eigenvalue weighted by Crippen LogP contribution is 2.52. The van der Waals surface area contributed by atoms with Crippen LogP contribution in [-0.4, -0.2) is 22.5 Å². The molecule has 6 rings (SSSR count). The topological polar surface area (TPSA) is 78.9 Å². The van der Waals surface area contributed by atoms with Crippen LogP contribution in [0.25, 0.3) is 0 Å². The third-order valence-electron chi connectivity index (χ3n) is 8.47. The fraction of sp³-hybridized carbons (Fsp3) is 0.189. The number of ether oxygens (including phenoxy) is 1. The van der Waals surface area contributed by atoms with E-state index in [-0.39, 0.29) is 19.6 Å². The molecular formula is C37H34N2O4S. The smallest absolute Gasteiger partial charge is 0.327 e. The van der Waals surface area contributed by atoms with Crippen LogP contribution in [0.15, 0.2) is 133 Å². The van der Waals surface area contributed by atoms with Gasteiger partial charge < -0.3 is 14.7 Å². The Morgan fingerprint density at radius 2 is 1.45 bits per heavy atom. The van der Waals surface area contributed by atoms with Gasteiger partial charge in [-0.05, 0) is 40.6 Å². The van der Waals surface area contributed by atoms with E-state index in [1.165, 1.54) is 11.3 Å². The molecule has 1 aliphatic rings. The van der Waals surface area contributed by atoms with E-state index in [4.69, 9.17) is 4.74 Å². The number of thiophene rings is 1. The zero-order valence-corrected chi connectivity index (χ0v) is 25.2. The van der Waals surface area contributed by atoms with E-state index in [1.807, 2.05) is 133 Å². The second-order valence-electron chi connectivity index (χ2n) is 10.9. The lowest BCUT2D eigenvalue weighted by Crippen LogP contribution is -2.70. The number of carboxylic acids is 1. The lowest BCUT2D eigenvalue weighted by molar-refractivity contribution is -0.181. The minimum absolute atomic E-state index is 0.0716. The lowest BCUT2D eigenvalue weighted by Gasteiger charge is -2.46. The molecule has 0 radical (unpaired) electrons. The molecule has 0 fully saturated rings. The zero-order valence-electron chi connectivity index (χ0n) is 24.4. The number of nitrogens with zero attached hydrogens (tertiary/aromatic N) is 1. The van der Waals surface area contributed by atoms with Crippen molar-refractivity contribution in [2.24, 2.45) is 0 Å². The number of hydrogen-bond donors (Lipinski definition) is 2. The number of nitrogens with one attached hydrogen (secondary N) is 1. The van der Waals surface area contributed by atoms with Crippen LogP contribution in [0.4, 0.5) is 5.69 Å². The zero-order chi connectivity index (χ0) is 30.6. The van der Waals surface area contributed by atoms with Gasteiger partial charge in [-0.25, -0.2) is 0 Å². The molecule has 7 heteroatoms. The molecule has 6 nitrogen and oxygen atoms in total. The van der Waals surface area contributed by atoms with Crippen LogP contribution in [0.2, 0.25) is 0 Å². The third kappa shape index (κ3) is 5.13. The normalized spacial score (nSPS) is 17.4. The number of amides is 1. The van der Waals surface area contributed by atoms with Crippen molar-refractivity contribution in [2.75, 3.05) is 4.90 Å². The van der Waals surface area contributed by atoms with Gasteiger partial charge in [-0.3, -0.25) is 14.9 Å². The Morgan fingerprint density at radius 3 is 2.02 bits per heavy atom. The Bertz CT molecular complexity index is 1670. The van der Waals surface area contributed by atoms with Crippen molar-refractivity contribution >= 4 is 28.9 Å². The SMILES string of the molecule is CC[C@](NC(c1ccccc1)c1ccccc1)(C(=O)O)C1(OCc2cccs2)C(=O)N(Cc2ccccc2)c2ccccc21. The van der Waals surface area contributed by atoms with E-state index in [2.05, 4.69) is 5.32 Å². The van der Waals surface area contributed by atoms with Crippen molar-refractivity contribution in [1.29, 1.82) is 0 Å². The summed E-state index contributed by atoms with van der Waals surface area (Å²) in [5.41, 5.74) is 0.126. The van der Waals surface area contributed by atoms with Gasteiger partial charge in [-0.15, -0.1) is 11.3 Å². The van der Waals surface area contributed by atoms with Gasteiger partial charge in [0.15, 0.2) is 5.54 Å². The van der Waals surface area contributed by atoms with Gasteiger partial charge in [0.25, 0.3) is 5.91 Å². The maximum absolute atomic E-state index is 15.1. The summed E-state index contributed by atoms with van der Waals surface area (Å²) in [6, 6.07) is 39.9. The number of fused-ring (bicyclic) bond motifs is 1. The van der Waals surface area contributed by atoms with Crippen LogP contribution in [0, 0.1) is 0 Å². The molecule has 2 atom stereocenters. The summed E-state index contributed by atoms with van der Waals surface area (Å²) >= 11 is 1.51. The van der Waals surface area contributed by atoms with Crippen molar-refractivity contribution in [3.05, 3.63) is 160 Å². The molecule has 5 aromatic rings. The van der Waals surface area contributed by atoms with Crippen LogP contribution < -0.4 is 10.2 Å². The summed E-state index contributed by atoms with van der Waals surface area (Å²) < 4.78 is 6.81. The Kier molecular flexibility index (Phi) is 8.44. The number of carbonyl (C=O) groups excluding carboxylic acids is 1. The molecule has 2 heterocycles. The third-order valence-corrected chi connectivity index (χ3v) is 9.32. The van der Waals surface area contributed by atoms with Gasteiger partial charge in [0.05, 0.1) is 24.9 Å². The van der Waals surface area contributed by atoms with Crippen molar-refractivity contribution in [3.8, 4) is 0 Å². The second kappa shape index (κ2) is 12.6. The molecule has 0 spiro atoms. The maximum Gasteiger partial charge on any atom is 0.327 e. The summed E-state index contributed by atoms with van der Waals surface area (Å²) in [7, 11) is 0. The second-order valence-corrected chi connectivity index (χ2v) is 11.9. The molecule has 222 valence electrons. The number of para-hydroxylation sites is 1. The summed E-state index contributed by atoms with van der Waals surface area (Å²) in [5, 5.41) is 16.9. The highest BCUT2D eigenvalue weighted by molar-refractivity contribution is 7.09. The fourth-order valence-corrected chi connectivity index (χ4v) is 6.92. The summed E-state index contributed by atoms with van der Waals surface area (Å²) in [4.78, 5) is 31.6. The van der Waals surface area contributed by atoms with Crippen molar-refractivity contribution in [1.82, 2.24) is 5.32 Å². The van der Waals surface area contributed by atoms with E-state index in [9.17, 15) is 9.90 Å². The van der Waals surface area contributed by atoms with Crippen LogP contribution in [-0.2, 0) is 33.1 Å². The minimum atomic E-state index is -1.88. The Hall–Kier alpha value is -4.56. The molecular weight excluding hydrogens is 568 g/mol. The first-order valence-electron chi connectivity index (χ1n) is 14.7. The molecule has 0 aliphatic carbocycles. The van der Waals surface area contributed by atoms with Crippen LogP contribution >= 0.6 is 11.3 Å². The molecule has 1 unspecified atom stereocenters. The van der Waals surface area contributed by atoms with E-state index in [0.29, 0.717) is 11.3 Å². The van der Waals surface area contributed by atoms with Gasteiger partial charge in [-0.1, -0.05) is 122 Å². The van der Waals surface area contributed by atoms with Crippen LogP contribution in [0.3, 0.4) is 0 Å². The molecule has 0 saturated heterocycles. The largest absolute Gasteiger partial charge is 0.480 e. The van der Waals surface area contributed by atoms with Gasteiger partial charge >= 0.3 is 5.97 Å². The highest BCUT2D eigenvalue weighted by Gasteiger charge is 2.68. The number of benzene rings is 4.